The van der Waals surface area contributed by atoms with E-state index in [1.54, 1.807) is 12.1 Å². The summed E-state index contributed by atoms with van der Waals surface area (Å²) in [4.78, 5) is 23.8. The molecule has 0 spiro atoms. The highest BCUT2D eigenvalue weighted by atomic mass is 19.1. The Morgan fingerprint density at radius 1 is 1.00 bits per heavy atom. The van der Waals surface area contributed by atoms with Gasteiger partial charge in [-0.2, -0.15) is 0 Å². The molecule has 2 aromatic rings. The van der Waals surface area contributed by atoms with Crippen LogP contribution in [0.4, 0.5) is 4.39 Å². The molecule has 0 aliphatic heterocycles. The van der Waals surface area contributed by atoms with E-state index in [2.05, 4.69) is 24.7 Å². The highest BCUT2D eigenvalue weighted by Gasteiger charge is 2.16. The largest absolute Gasteiger partial charge is 0.478 e. The van der Waals surface area contributed by atoms with Crippen molar-refractivity contribution in [3.8, 4) is 5.75 Å². The van der Waals surface area contributed by atoms with E-state index >= 15 is 0 Å². The van der Waals surface area contributed by atoms with E-state index in [0.29, 0.717) is 5.92 Å². The number of carbonyl (C=O) groups excluding carboxylic acids is 2. The fraction of sp³-hybridized carbons (Fsp3) is 0.238. The second kappa shape index (κ2) is 9.52. The molecule has 2 aromatic carbocycles. The molecular formula is C21H23FN2O3. The fourth-order valence-electron chi connectivity index (χ4n) is 2.21. The lowest BCUT2D eigenvalue weighted by atomic mass is 10.0. The average Bonchev–Trinajstić information content (AvgIpc) is 2.66. The van der Waals surface area contributed by atoms with Gasteiger partial charge in [0.05, 0.1) is 0 Å². The van der Waals surface area contributed by atoms with E-state index in [4.69, 9.17) is 4.74 Å². The van der Waals surface area contributed by atoms with Crippen molar-refractivity contribution >= 4 is 17.9 Å². The van der Waals surface area contributed by atoms with Gasteiger partial charge in [0.15, 0.2) is 17.7 Å². The zero-order chi connectivity index (χ0) is 19.8. The smallest absolute Gasteiger partial charge is 0.279 e. The highest BCUT2D eigenvalue weighted by molar-refractivity contribution is 5.93. The van der Waals surface area contributed by atoms with E-state index in [1.807, 2.05) is 24.3 Å². The van der Waals surface area contributed by atoms with E-state index in [-0.39, 0.29) is 5.75 Å². The van der Waals surface area contributed by atoms with Crippen LogP contribution in [-0.2, 0) is 9.59 Å². The highest BCUT2D eigenvalue weighted by Crippen LogP contribution is 2.17. The number of benzene rings is 2. The van der Waals surface area contributed by atoms with Gasteiger partial charge in [-0.15, -0.1) is 0 Å². The number of ether oxygens (including phenoxy) is 1. The van der Waals surface area contributed by atoms with E-state index in [1.165, 1.54) is 36.8 Å². The predicted molar refractivity (Wildman–Crippen MR) is 102 cm³/mol. The summed E-state index contributed by atoms with van der Waals surface area (Å²) in [7, 11) is 0. The van der Waals surface area contributed by atoms with Crippen molar-refractivity contribution in [2.75, 3.05) is 0 Å². The molecule has 0 aliphatic carbocycles. The maximum atomic E-state index is 13.5. The van der Waals surface area contributed by atoms with Crippen LogP contribution in [-0.4, -0.2) is 17.9 Å². The Hall–Kier alpha value is -3.15. The number of hydrogen-bond donors (Lipinski definition) is 2. The maximum absolute atomic E-state index is 13.5. The van der Waals surface area contributed by atoms with Crippen LogP contribution in [0.5, 0.6) is 5.75 Å². The Labute approximate surface area is 158 Å². The number of para-hydroxylation sites is 1. The first-order valence-corrected chi connectivity index (χ1v) is 8.66. The average molecular weight is 370 g/mol. The summed E-state index contributed by atoms with van der Waals surface area (Å²) >= 11 is 0. The Morgan fingerprint density at radius 3 is 2.30 bits per heavy atom. The second-order valence-electron chi connectivity index (χ2n) is 6.32. The molecule has 0 fully saturated rings. The number of halogens is 1. The first-order chi connectivity index (χ1) is 12.9. The topological polar surface area (TPSA) is 67.4 Å². The summed E-state index contributed by atoms with van der Waals surface area (Å²) in [6.07, 6.45) is 1.98. The summed E-state index contributed by atoms with van der Waals surface area (Å²) in [5.74, 6) is -1.24. The molecule has 2 rings (SSSR count). The lowest BCUT2D eigenvalue weighted by molar-refractivity contribution is -0.131. The molecule has 1 atom stereocenters. The lowest BCUT2D eigenvalue weighted by Crippen LogP contribution is -2.46. The van der Waals surface area contributed by atoms with Gasteiger partial charge in [-0.3, -0.25) is 20.4 Å². The molecular weight excluding hydrogens is 347 g/mol. The van der Waals surface area contributed by atoms with Gasteiger partial charge in [-0.05, 0) is 42.2 Å². The molecule has 0 heterocycles. The number of carbonyl (C=O) groups is 2. The van der Waals surface area contributed by atoms with Crippen LogP contribution in [0.1, 0.15) is 37.8 Å². The van der Waals surface area contributed by atoms with Crippen LogP contribution in [0.25, 0.3) is 6.08 Å². The molecule has 0 bridgehead atoms. The van der Waals surface area contributed by atoms with Gasteiger partial charge in [-0.25, -0.2) is 4.39 Å². The summed E-state index contributed by atoms with van der Waals surface area (Å²) < 4.78 is 18.8. The van der Waals surface area contributed by atoms with Gasteiger partial charge in [-0.1, -0.05) is 50.2 Å². The third-order valence-corrected chi connectivity index (χ3v) is 3.85. The summed E-state index contributed by atoms with van der Waals surface area (Å²) in [5.41, 5.74) is 6.60. The van der Waals surface area contributed by atoms with Crippen LogP contribution >= 0.6 is 0 Å². The van der Waals surface area contributed by atoms with Crippen LogP contribution < -0.4 is 15.6 Å². The molecule has 0 saturated carbocycles. The first kappa shape index (κ1) is 20.2. The quantitative estimate of drug-likeness (QED) is 0.603. The Kier molecular flexibility index (Phi) is 7.11. The van der Waals surface area contributed by atoms with Gasteiger partial charge in [0.25, 0.3) is 11.8 Å². The molecule has 0 aliphatic rings. The van der Waals surface area contributed by atoms with Crippen molar-refractivity contribution in [3.05, 3.63) is 71.6 Å². The van der Waals surface area contributed by atoms with Crippen molar-refractivity contribution in [1.29, 1.82) is 0 Å². The van der Waals surface area contributed by atoms with Gasteiger partial charge >= 0.3 is 0 Å². The van der Waals surface area contributed by atoms with Crippen LogP contribution in [0.2, 0.25) is 0 Å². The van der Waals surface area contributed by atoms with Crippen molar-refractivity contribution in [2.24, 2.45) is 0 Å². The molecule has 0 radical (unpaired) electrons. The first-order valence-electron chi connectivity index (χ1n) is 8.66. The molecule has 142 valence electrons. The third-order valence-electron chi connectivity index (χ3n) is 3.85. The van der Waals surface area contributed by atoms with Gasteiger partial charge in [0, 0.05) is 6.08 Å². The molecule has 0 saturated heterocycles. The fourth-order valence-corrected chi connectivity index (χ4v) is 2.21. The molecule has 5 nitrogen and oxygen atoms in total. The Balaban J connectivity index is 1.81. The molecule has 2 amide bonds. The standard InChI is InChI=1S/C21H23FN2O3/c1-14(2)17-11-8-16(9-12-17)10-13-20(25)23-24-21(26)15(3)27-19-7-5-4-6-18(19)22/h4-15H,1-3H3,(H,23,25)(H,24,26)/b13-10+/t15-/m1/s1. The van der Waals surface area contributed by atoms with Crippen molar-refractivity contribution < 1.29 is 18.7 Å². The number of hydrogen-bond acceptors (Lipinski definition) is 3. The van der Waals surface area contributed by atoms with Crippen molar-refractivity contribution in [3.63, 3.8) is 0 Å². The summed E-state index contributed by atoms with van der Waals surface area (Å²) in [5, 5.41) is 0. The zero-order valence-corrected chi connectivity index (χ0v) is 15.5. The minimum Gasteiger partial charge on any atom is -0.478 e. The van der Waals surface area contributed by atoms with Crippen molar-refractivity contribution in [1.82, 2.24) is 10.9 Å². The molecule has 6 heteroatoms. The van der Waals surface area contributed by atoms with Gasteiger partial charge in [0.2, 0.25) is 0 Å². The summed E-state index contributed by atoms with van der Waals surface area (Å²) in [6, 6.07) is 13.6. The van der Waals surface area contributed by atoms with E-state index in [0.717, 1.165) is 5.56 Å². The van der Waals surface area contributed by atoms with E-state index in [9.17, 15) is 14.0 Å². The monoisotopic (exact) mass is 370 g/mol. The maximum Gasteiger partial charge on any atom is 0.279 e. The van der Waals surface area contributed by atoms with E-state index < -0.39 is 23.7 Å². The number of nitrogens with one attached hydrogen (secondary N) is 2. The minimum absolute atomic E-state index is 0.0313. The molecule has 0 aromatic heterocycles. The summed E-state index contributed by atoms with van der Waals surface area (Å²) in [6.45, 7) is 5.68. The lowest BCUT2D eigenvalue weighted by Gasteiger charge is -2.15. The second-order valence-corrected chi connectivity index (χ2v) is 6.32. The minimum atomic E-state index is -0.977. The van der Waals surface area contributed by atoms with Gasteiger partial charge in [0.1, 0.15) is 0 Å². The van der Waals surface area contributed by atoms with Crippen LogP contribution in [0, 0.1) is 5.82 Å². The Bertz CT molecular complexity index is 816. The molecule has 2 N–H and O–H groups in total. The normalized spacial score (nSPS) is 12.0. The van der Waals surface area contributed by atoms with Crippen molar-refractivity contribution in [2.45, 2.75) is 32.8 Å². The molecule has 0 unspecified atom stereocenters. The van der Waals surface area contributed by atoms with Gasteiger partial charge < -0.3 is 4.74 Å². The Morgan fingerprint density at radius 2 is 1.67 bits per heavy atom. The zero-order valence-electron chi connectivity index (χ0n) is 15.5. The predicted octanol–water partition coefficient (Wildman–Crippen LogP) is 3.58. The number of amides is 2. The SMILES string of the molecule is CC(C)c1ccc(/C=C/C(=O)NNC(=O)[C@@H](C)Oc2ccccc2F)cc1. The number of rotatable bonds is 6. The third kappa shape index (κ3) is 6.26. The molecule has 27 heavy (non-hydrogen) atoms. The van der Waals surface area contributed by atoms with Crippen LogP contribution in [0.15, 0.2) is 54.6 Å². The number of hydrazine groups is 1. The van der Waals surface area contributed by atoms with Crippen LogP contribution in [0.3, 0.4) is 0 Å².